The molecule has 1 saturated heterocycles. The minimum atomic E-state index is -0.232. The number of benzene rings is 1. The lowest BCUT2D eigenvalue weighted by atomic mass is 10.2. The molecule has 1 aliphatic heterocycles. The van der Waals surface area contributed by atoms with Gasteiger partial charge in [0.15, 0.2) is 5.96 Å². The van der Waals surface area contributed by atoms with Crippen LogP contribution in [0.2, 0.25) is 0 Å². The quantitative estimate of drug-likeness (QED) is 0.420. The van der Waals surface area contributed by atoms with Gasteiger partial charge in [-0.15, -0.1) is 24.0 Å². The Morgan fingerprint density at radius 1 is 1.43 bits per heavy atom. The molecule has 2 rings (SSSR count). The molecule has 0 radical (unpaired) electrons. The van der Waals surface area contributed by atoms with Crippen LogP contribution in [0.1, 0.15) is 12.5 Å². The van der Waals surface area contributed by atoms with Gasteiger partial charge in [0.25, 0.3) is 0 Å². The molecule has 1 aromatic carbocycles. The van der Waals surface area contributed by atoms with Crippen LogP contribution in [-0.2, 0) is 11.3 Å². The first kappa shape index (κ1) is 20.1. The van der Waals surface area contributed by atoms with Gasteiger partial charge in [-0.25, -0.2) is 9.38 Å². The number of nitrogens with one attached hydrogen (secondary N) is 2. The van der Waals surface area contributed by atoms with Gasteiger partial charge >= 0.3 is 0 Å². The topological polar surface area (TPSA) is 48.9 Å². The molecule has 1 unspecified atom stereocenters. The first-order valence-electron chi connectivity index (χ1n) is 7.74. The molecule has 0 amide bonds. The largest absolute Gasteiger partial charge is 0.374 e. The number of rotatable bonds is 5. The van der Waals surface area contributed by atoms with Crippen molar-refractivity contribution in [1.82, 2.24) is 15.5 Å². The van der Waals surface area contributed by atoms with E-state index in [0.717, 1.165) is 37.8 Å². The van der Waals surface area contributed by atoms with E-state index < -0.39 is 0 Å². The van der Waals surface area contributed by atoms with Crippen LogP contribution in [0, 0.1) is 5.82 Å². The van der Waals surface area contributed by atoms with Gasteiger partial charge in [-0.2, -0.15) is 0 Å². The van der Waals surface area contributed by atoms with E-state index in [0.29, 0.717) is 13.1 Å². The molecule has 0 aliphatic carbocycles. The van der Waals surface area contributed by atoms with Crippen LogP contribution < -0.4 is 10.6 Å². The molecular formula is C16H26FIN4O. The normalized spacial score (nSPS) is 19.1. The van der Waals surface area contributed by atoms with Gasteiger partial charge in [0.1, 0.15) is 5.82 Å². The molecular weight excluding hydrogens is 410 g/mol. The van der Waals surface area contributed by atoms with E-state index in [-0.39, 0.29) is 35.9 Å². The van der Waals surface area contributed by atoms with E-state index in [1.54, 1.807) is 6.07 Å². The van der Waals surface area contributed by atoms with E-state index in [2.05, 4.69) is 27.6 Å². The Balaban J connectivity index is 0.00000264. The standard InChI is InChI=1S/C16H25FN4O.HI/c1-3-18-16(19-10-13-5-4-6-14(17)9-13)20-11-15-12-21(2)7-8-22-15;/h4-6,9,15H,3,7-8,10-12H2,1-2H3,(H2,18,19,20);1H. The number of halogens is 2. The fourth-order valence-corrected chi connectivity index (χ4v) is 2.35. The fourth-order valence-electron chi connectivity index (χ4n) is 2.35. The number of ether oxygens (including phenoxy) is 1. The lowest BCUT2D eigenvalue weighted by Crippen LogP contribution is -2.48. The maximum atomic E-state index is 13.2. The Kier molecular flexibility index (Phi) is 9.42. The van der Waals surface area contributed by atoms with Gasteiger partial charge in [0, 0.05) is 26.2 Å². The van der Waals surface area contributed by atoms with Crippen molar-refractivity contribution in [3.63, 3.8) is 0 Å². The summed E-state index contributed by atoms with van der Waals surface area (Å²) in [4.78, 5) is 6.74. The van der Waals surface area contributed by atoms with E-state index >= 15 is 0 Å². The molecule has 130 valence electrons. The van der Waals surface area contributed by atoms with Crippen molar-refractivity contribution in [1.29, 1.82) is 0 Å². The van der Waals surface area contributed by atoms with E-state index in [1.807, 2.05) is 13.0 Å². The van der Waals surface area contributed by atoms with Crippen molar-refractivity contribution in [3.05, 3.63) is 35.6 Å². The van der Waals surface area contributed by atoms with Crippen LogP contribution in [0.5, 0.6) is 0 Å². The molecule has 1 atom stereocenters. The zero-order valence-electron chi connectivity index (χ0n) is 13.7. The van der Waals surface area contributed by atoms with Gasteiger partial charge < -0.3 is 20.3 Å². The van der Waals surface area contributed by atoms with Gasteiger partial charge in [0.05, 0.1) is 19.3 Å². The van der Waals surface area contributed by atoms with Crippen LogP contribution >= 0.6 is 24.0 Å². The second kappa shape index (κ2) is 10.8. The molecule has 23 heavy (non-hydrogen) atoms. The van der Waals surface area contributed by atoms with Crippen molar-refractivity contribution in [2.75, 3.05) is 39.8 Å². The Bertz CT molecular complexity index is 501. The van der Waals surface area contributed by atoms with Crippen molar-refractivity contribution >= 4 is 29.9 Å². The summed E-state index contributed by atoms with van der Waals surface area (Å²) in [6.45, 7) is 6.60. The molecule has 0 saturated carbocycles. The highest BCUT2D eigenvalue weighted by molar-refractivity contribution is 14.0. The summed E-state index contributed by atoms with van der Waals surface area (Å²) in [6, 6.07) is 6.52. The Morgan fingerprint density at radius 3 is 2.96 bits per heavy atom. The average molecular weight is 436 g/mol. The number of hydrogen-bond donors (Lipinski definition) is 2. The number of hydrogen-bond acceptors (Lipinski definition) is 3. The maximum absolute atomic E-state index is 13.2. The Labute approximate surface area is 154 Å². The fraction of sp³-hybridized carbons (Fsp3) is 0.562. The van der Waals surface area contributed by atoms with Gasteiger partial charge in [-0.3, -0.25) is 0 Å². The zero-order valence-corrected chi connectivity index (χ0v) is 16.0. The summed E-state index contributed by atoms with van der Waals surface area (Å²) in [6.07, 6.45) is 0.164. The summed E-state index contributed by atoms with van der Waals surface area (Å²) < 4.78 is 18.9. The maximum Gasteiger partial charge on any atom is 0.191 e. The number of aliphatic imine (C=N–C) groups is 1. The SMILES string of the molecule is CCNC(=NCc1cccc(F)c1)NCC1CN(C)CCO1.I. The molecule has 2 N–H and O–H groups in total. The van der Waals surface area contributed by atoms with E-state index in [1.165, 1.54) is 12.1 Å². The summed E-state index contributed by atoms with van der Waals surface area (Å²) in [5.74, 6) is 0.493. The second-order valence-corrected chi connectivity index (χ2v) is 5.46. The highest BCUT2D eigenvalue weighted by atomic mass is 127. The zero-order chi connectivity index (χ0) is 15.8. The van der Waals surface area contributed by atoms with Crippen molar-refractivity contribution in [2.24, 2.45) is 4.99 Å². The average Bonchev–Trinajstić information content (AvgIpc) is 2.50. The first-order valence-corrected chi connectivity index (χ1v) is 7.74. The summed E-state index contributed by atoms with van der Waals surface area (Å²) in [7, 11) is 2.10. The molecule has 5 nitrogen and oxygen atoms in total. The summed E-state index contributed by atoms with van der Waals surface area (Å²) in [5, 5.41) is 6.48. The van der Waals surface area contributed by atoms with Crippen molar-refractivity contribution in [2.45, 2.75) is 19.6 Å². The smallest absolute Gasteiger partial charge is 0.191 e. The van der Waals surface area contributed by atoms with Gasteiger partial charge in [-0.05, 0) is 31.7 Å². The third-order valence-corrected chi connectivity index (χ3v) is 3.49. The third-order valence-electron chi connectivity index (χ3n) is 3.49. The Morgan fingerprint density at radius 2 is 2.26 bits per heavy atom. The van der Waals surface area contributed by atoms with E-state index in [4.69, 9.17) is 4.74 Å². The molecule has 7 heteroatoms. The minimum absolute atomic E-state index is 0. The van der Waals surface area contributed by atoms with Gasteiger partial charge in [0.2, 0.25) is 0 Å². The van der Waals surface area contributed by atoms with Crippen LogP contribution in [0.25, 0.3) is 0 Å². The monoisotopic (exact) mass is 436 g/mol. The Hall–Kier alpha value is -0.930. The van der Waals surface area contributed by atoms with Crippen LogP contribution in [0.15, 0.2) is 29.3 Å². The molecule has 1 heterocycles. The minimum Gasteiger partial charge on any atom is -0.374 e. The lowest BCUT2D eigenvalue weighted by Gasteiger charge is -2.30. The first-order chi connectivity index (χ1) is 10.7. The number of guanidine groups is 1. The molecule has 1 fully saturated rings. The van der Waals surface area contributed by atoms with Crippen LogP contribution in [0.4, 0.5) is 4.39 Å². The molecule has 0 aromatic heterocycles. The van der Waals surface area contributed by atoms with Crippen molar-refractivity contribution in [3.8, 4) is 0 Å². The summed E-state index contributed by atoms with van der Waals surface area (Å²) in [5.41, 5.74) is 0.853. The van der Waals surface area contributed by atoms with Crippen LogP contribution in [0.3, 0.4) is 0 Å². The second-order valence-electron chi connectivity index (χ2n) is 5.46. The van der Waals surface area contributed by atoms with E-state index in [9.17, 15) is 4.39 Å². The predicted molar refractivity (Wildman–Crippen MR) is 102 cm³/mol. The molecule has 0 spiro atoms. The van der Waals surface area contributed by atoms with Crippen molar-refractivity contribution < 1.29 is 9.13 Å². The number of likely N-dealkylation sites (N-methyl/N-ethyl adjacent to an activating group) is 1. The molecule has 1 aliphatic rings. The molecule has 1 aromatic rings. The van der Waals surface area contributed by atoms with Gasteiger partial charge in [-0.1, -0.05) is 12.1 Å². The van der Waals surface area contributed by atoms with Crippen LogP contribution in [-0.4, -0.2) is 56.8 Å². The number of nitrogens with zero attached hydrogens (tertiary/aromatic N) is 2. The highest BCUT2D eigenvalue weighted by Crippen LogP contribution is 2.05. The third kappa shape index (κ3) is 7.45. The lowest BCUT2D eigenvalue weighted by molar-refractivity contribution is -0.0161. The number of morpholine rings is 1. The molecule has 0 bridgehead atoms. The predicted octanol–water partition coefficient (Wildman–Crippen LogP) is 1.83. The highest BCUT2D eigenvalue weighted by Gasteiger charge is 2.17. The summed E-state index contributed by atoms with van der Waals surface area (Å²) >= 11 is 0.